The molecule has 1 aromatic carbocycles. The molecule has 1 aliphatic carbocycles. The molecule has 0 aliphatic heterocycles. The molecule has 31 heavy (non-hydrogen) atoms. The minimum atomic E-state index is -0.337. The summed E-state index contributed by atoms with van der Waals surface area (Å²) in [4.78, 5) is 23.2. The van der Waals surface area contributed by atoms with Crippen LogP contribution < -0.4 is 4.74 Å². The zero-order valence-corrected chi connectivity index (χ0v) is 19.2. The van der Waals surface area contributed by atoms with E-state index >= 15 is 0 Å². The second kappa shape index (κ2) is 13.2. The summed E-state index contributed by atoms with van der Waals surface area (Å²) in [6, 6.07) is 5.41. The quantitative estimate of drug-likeness (QED) is 0.327. The average Bonchev–Trinajstić information content (AvgIpc) is 3.20. The van der Waals surface area contributed by atoms with E-state index in [1.54, 1.807) is 6.07 Å². The Morgan fingerprint density at radius 2 is 1.68 bits per heavy atom. The van der Waals surface area contributed by atoms with Crippen molar-refractivity contribution in [2.24, 2.45) is 0 Å². The van der Waals surface area contributed by atoms with Gasteiger partial charge in [0.25, 0.3) is 0 Å². The molecule has 0 amide bonds. The lowest BCUT2D eigenvalue weighted by Crippen LogP contribution is -2.27. The maximum atomic E-state index is 11.6. The highest BCUT2D eigenvalue weighted by atomic mass is 16.6. The SMILES string of the molecule is CCCCCC(CC(CCc1ccc(O)c(OC2CCCC2)c1)OC(C)=O)OC(C)=O. The van der Waals surface area contributed by atoms with Crippen LogP contribution in [0.2, 0.25) is 0 Å². The Morgan fingerprint density at radius 1 is 1.03 bits per heavy atom. The van der Waals surface area contributed by atoms with Crippen molar-refractivity contribution >= 4 is 11.9 Å². The van der Waals surface area contributed by atoms with E-state index in [1.807, 2.05) is 12.1 Å². The third kappa shape index (κ3) is 9.62. The molecule has 0 saturated heterocycles. The summed E-state index contributed by atoms with van der Waals surface area (Å²) in [5.74, 6) is 0.0234. The fourth-order valence-corrected chi connectivity index (χ4v) is 4.16. The Morgan fingerprint density at radius 3 is 2.29 bits per heavy atom. The van der Waals surface area contributed by atoms with Crippen LogP contribution in [0.3, 0.4) is 0 Å². The van der Waals surface area contributed by atoms with Crippen molar-refractivity contribution in [3.05, 3.63) is 23.8 Å². The first-order valence-electron chi connectivity index (χ1n) is 11.7. The predicted molar refractivity (Wildman–Crippen MR) is 119 cm³/mol. The van der Waals surface area contributed by atoms with Crippen LogP contribution >= 0.6 is 0 Å². The van der Waals surface area contributed by atoms with Crippen molar-refractivity contribution in [3.63, 3.8) is 0 Å². The number of phenolic OH excluding ortho intramolecular Hbond substituents is 1. The van der Waals surface area contributed by atoms with Crippen LogP contribution in [-0.4, -0.2) is 35.4 Å². The minimum Gasteiger partial charge on any atom is -0.504 e. The highest BCUT2D eigenvalue weighted by molar-refractivity contribution is 5.66. The normalized spacial score (nSPS) is 16.0. The first-order valence-corrected chi connectivity index (χ1v) is 11.7. The highest BCUT2D eigenvalue weighted by Gasteiger charge is 2.22. The second-order valence-corrected chi connectivity index (χ2v) is 8.56. The van der Waals surface area contributed by atoms with E-state index in [9.17, 15) is 14.7 Å². The third-order valence-corrected chi connectivity index (χ3v) is 5.70. The van der Waals surface area contributed by atoms with Crippen LogP contribution in [0.1, 0.15) is 90.5 Å². The van der Waals surface area contributed by atoms with Gasteiger partial charge in [-0.15, -0.1) is 0 Å². The van der Waals surface area contributed by atoms with E-state index in [2.05, 4.69) is 6.92 Å². The lowest BCUT2D eigenvalue weighted by Gasteiger charge is -2.23. The van der Waals surface area contributed by atoms with Crippen LogP contribution in [0.5, 0.6) is 11.5 Å². The smallest absolute Gasteiger partial charge is 0.302 e. The maximum Gasteiger partial charge on any atom is 0.302 e. The van der Waals surface area contributed by atoms with Gasteiger partial charge in [0.2, 0.25) is 0 Å². The molecular formula is C25H38O6. The van der Waals surface area contributed by atoms with Crippen LogP contribution in [0, 0.1) is 0 Å². The molecule has 0 spiro atoms. The van der Waals surface area contributed by atoms with Crippen LogP contribution in [0.4, 0.5) is 0 Å². The molecule has 1 N–H and O–H groups in total. The average molecular weight is 435 g/mol. The monoisotopic (exact) mass is 434 g/mol. The van der Waals surface area contributed by atoms with E-state index in [1.165, 1.54) is 13.8 Å². The van der Waals surface area contributed by atoms with Crippen molar-refractivity contribution in [1.29, 1.82) is 0 Å². The first-order chi connectivity index (χ1) is 14.9. The number of phenols is 1. The number of aryl methyl sites for hydroxylation is 1. The molecule has 1 saturated carbocycles. The standard InChI is InChI=1S/C25H38O6/c1-4-5-6-11-22(29-18(2)26)17-23(30-19(3)27)14-12-20-13-15-24(28)25(16-20)31-21-9-7-8-10-21/h13,15-16,21-23,28H,4-12,14,17H2,1-3H3. The van der Waals surface area contributed by atoms with Gasteiger partial charge in [0.15, 0.2) is 11.5 Å². The summed E-state index contributed by atoms with van der Waals surface area (Å²) >= 11 is 0. The molecule has 2 unspecified atom stereocenters. The van der Waals surface area contributed by atoms with E-state index in [0.29, 0.717) is 25.0 Å². The van der Waals surface area contributed by atoms with E-state index < -0.39 is 0 Å². The number of rotatable bonds is 13. The molecule has 1 fully saturated rings. The molecule has 2 rings (SSSR count). The number of esters is 2. The lowest BCUT2D eigenvalue weighted by atomic mass is 9.99. The lowest BCUT2D eigenvalue weighted by molar-refractivity contribution is -0.153. The van der Waals surface area contributed by atoms with Gasteiger partial charge in [-0.3, -0.25) is 9.59 Å². The molecule has 6 nitrogen and oxygen atoms in total. The number of unbranched alkanes of at least 4 members (excludes halogenated alkanes) is 2. The maximum absolute atomic E-state index is 11.6. The first kappa shape index (κ1) is 25.0. The molecular weight excluding hydrogens is 396 g/mol. The number of ether oxygens (including phenoxy) is 3. The zero-order valence-electron chi connectivity index (χ0n) is 19.2. The van der Waals surface area contributed by atoms with E-state index in [0.717, 1.165) is 56.9 Å². The number of hydrogen-bond donors (Lipinski definition) is 1. The van der Waals surface area contributed by atoms with Crippen LogP contribution in [0.25, 0.3) is 0 Å². The molecule has 6 heteroatoms. The van der Waals surface area contributed by atoms with E-state index in [4.69, 9.17) is 14.2 Å². The summed E-state index contributed by atoms with van der Waals surface area (Å²) in [5.41, 5.74) is 1.01. The van der Waals surface area contributed by atoms with Crippen LogP contribution in [0.15, 0.2) is 18.2 Å². The summed E-state index contributed by atoms with van der Waals surface area (Å²) in [5, 5.41) is 10.2. The number of benzene rings is 1. The van der Waals surface area contributed by atoms with Gasteiger partial charge < -0.3 is 19.3 Å². The molecule has 0 aromatic heterocycles. The largest absolute Gasteiger partial charge is 0.504 e. The molecule has 1 aromatic rings. The van der Waals surface area contributed by atoms with Gasteiger partial charge >= 0.3 is 11.9 Å². The highest BCUT2D eigenvalue weighted by Crippen LogP contribution is 2.32. The second-order valence-electron chi connectivity index (χ2n) is 8.56. The van der Waals surface area contributed by atoms with E-state index in [-0.39, 0.29) is 36.0 Å². The van der Waals surface area contributed by atoms with Gasteiger partial charge in [-0.1, -0.05) is 25.8 Å². The summed E-state index contributed by atoms with van der Waals surface area (Å²) in [6.07, 6.45) is 9.62. The topological polar surface area (TPSA) is 82.1 Å². The summed E-state index contributed by atoms with van der Waals surface area (Å²) < 4.78 is 17.0. The van der Waals surface area contributed by atoms with Gasteiger partial charge in [0, 0.05) is 20.3 Å². The molecule has 0 radical (unpaired) electrons. The fraction of sp³-hybridized carbons (Fsp3) is 0.680. The van der Waals surface area contributed by atoms with Crippen molar-refractivity contribution < 1.29 is 28.9 Å². The van der Waals surface area contributed by atoms with Gasteiger partial charge in [0.05, 0.1) is 6.10 Å². The van der Waals surface area contributed by atoms with Gasteiger partial charge in [-0.25, -0.2) is 0 Å². The molecule has 0 heterocycles. The zero-order chi connectivity index (χ0) is 22.6. The Kier molecular flexibility index (Phi) is 10.7. The van der Waals surface area contributed by atoms with Gasteiger partial charge in [-0.05, 0) is 69.1 Å². The van der Waals surface area contributed by atoms with Crippen molar-refractivity contribution in [1.82, 2.24) is 0 Å². The Balaban J connectivity index is 1.99. The van der Waals surface area contributed by atoms with Gasteiger partial charge in [0.1, 0.15) is 12.2 Å². The summed E-state index contributed by atoms with van der Waals surface area (Å²) in [7, 11) is 0. The van der Waals surface area contributed by atoms with Crippen molar-refractivity contribution in [2.75, 3.05) is 0 Å². The Bertz CT molecular complexity index is 695. The van der Waals surface area contributed by atoms with Gasteiger partial charge in [-0.2, -0.15) is 0 Å². The summed E-state index contributed by atoms with van der Waals surface area (Å²) in [6.45, 7) is 4.94. The molecule has 0 bridgehead atoms. The third-order valence-electron chi connectivity index (χ3n) is 5.70. The Labute approximate surface area is 186 Å². The number of hydrogen-bond acceptors (Lipinski definition) is 6. The molecule has 1 aliphatic rings. The number of aromatic hydroxyl groups is 1. The number of carbonyl (C=O) groups is 2. The number of carbonyl (C=O) groups excluding carboxylic acids is 2. The molecule has 2 atom stereocenters. The fourth-order valence-electron chi connectivity index (χ4n) is 4.16. The van der Waals surface area contributed by atoms with Crippen molar-refractivity contribution in [2.45, 2.75) is 110 Å². The minimum absolute atomic E-state index is 0.151. The van der Waals surface area contributed by atoms with Crippen molar-refractivity contribution in [3.8, 4) is 11.5 Å². The molecule has 174 valence electrons. The Hall–Kier alpha value is -2.24. The van der Waals surface area contributed by atoms with Crippen LogP contribution in [-0.2, 0) is 25.5 Å². The predicted octanol–water partition coefficient (Wildman–Crippen LogP) is 5.48.